The summed E-state index contributed by atoms with van der Waals surface area (Å²) in [5.74, 6) is 2.47. The van der Waals surface area contributed by atoms with Gasteiger partial charge in [-0.2, -0.15) is 0 Å². The van der Waals surface area contributed by atoms with Crippen molar-refractivity contribution in [1.29, 1.82) is 0 Å². The lowest BCUT2D eigenvalue weighted by molar-refractivity contribution is 0.0184. The summed E-state index contributed by atoms with van der Waals surface area (Å²) in [6.07, 6.45) is 6.23. The number of ether oxygens (including phenoxy) is 1. The van der Waals surface area contributed by atoms with Crippen molar-refractivity contribution in [3.63, 3.8) is 0 Å². The molecular weight excluding hydrogens is 276 g/mol. The Hall–Kier alpha value is -0.770. The van der Waals surface area contributed by atoms with Gasteiger partial charge in [-0.25, -0.2) is 4.79 Å². The third-order valence-electron chi connectivity index (χ3n) is 5.14. The normalized spacial score (nSPS) is 27.2. The Morgan fingerprint density at radius 1 is 1.14 bits per heavy atom. The number of carbonyl (C=O) groups is 1. The van der Waals surface area contributed by atoms with Crippen molar-refractivity contribution in [2.24, 2.45) is 17.8 Å². The number of carbonyl (C=O) groups excluding carboxylic acids is 1. The van der Waals surface area contributed by atoms with Gasteiger partial charge in [-0.15, -0.1) is 0 Å². The Bertz CT molecular complexity index is 357. The van der Waals surface area contributed by atoms with Crippen LogP contribution in [0.3, 0.4) is 0 Å². The minimum Gasteiger partial charge on any atom is -0.444 e. The molecule has 2 fully saturated rings. The molecule has 1 heterocycles. The zero-order valence-corrected chi connectivity index (χ0v) is 14.9. The Labute approximate surface area is 136 Å². The second kappa shape index (κ2) is 7.67. The van der Waals surface area contributed by atoms with Gasteiger partial charge >= 0.3 is 6.09 Å². The molecule has 0 radical (unpaired) electrons. The summed E-state index contributed by atoms with van der Waals surface area (Å²) in [5, 5.41) is 3.68. The van der Waals surface area contributed by atoms with Crippen LogP contribution in [0.25, 0.3) is 0 Å². The minimum atomic E-state index is -0.395. The molecule has 1 saturated heterocycles. The predicted molar refractivity (Wildman–Crippen MR) is 89.9 cm³/mol. The second-order valence-corrected chi connectivity index (χ2v) is 8.24. The fraction of sp³-hybridized carbons (Fsp3) is 0.944. The fourth-order valence-electron chi connectivity index (χ4n) is 3.64. The van der Waals surface area contributed by atoms with E-state index < -0.39 is 5.60 Å². The van der Waals surface area contributed by atoms with Crippen LogP contribution >= 0.6 is 0 Å². The Balaban J connectivity index is 1.61. The van der Waals surface area contributed by atoms with E-state index in [1.165, 1.54) is 25.8 Å². The van der Waals surface area contributed by atoms with Gasteiger partial charge in [-0.1, -0.05) is 19.8 Å². The molecule has 1 aliphatic carbocycles. The predicted octanol–water partition coefficient (Wildman–Crippen LogP) is 3.66. The van der Waals surface area contributed by atoms with E-state index in [1.54, 1.807) is 0 Å². The van der Waals surface area contributed by atoms with Crippen LogP contribution in [0.1, 0.15) is 59.8 Å². The van der Waals surface area contributed by atoms with E-state index in [4.69, 9.17) is 4.74 Å². The van der Waals surface area contributed by atoms with Crippen molar-refractivity contribution in [3.05, 3.63) is 0 Å². The lowest BCUT2D eigenvalue weighted by Gasteiger charge is -2.33. The number of amides is 1. The summed E-state index contributed by atoms with van der Waals surface area (Å²) in [4.78, 5) is 13.9. The topological polar surface area (TPSA) is 41.6 Å². The summed E-state index contributed by atoms with van der Waals surface area (Å²) in [6, 6.07) is 0. The molecule has 2 aliphatic rings. The van der Waals surface area contributed by atoms with Gasteiger partial charge in [0.25, 0.3) is 0 Å². The van der Waals surface area contributed by atoms with Crippen molar-refractivity contribution >= 4 is 6.09 Å². The highest BCUT2D eigenvalue weighted by Crippen LogP contribution is 2.30. The fourth-order valence-corrected chi connectivity index (χ4v) is 3.64. The average Bonchev–Trinajstić information content (AvgIpc) is 2.83. The first kappa shape index (κ1) is 17.6. The molecule has 1 saturated carbocycles. The van der Waals surface area contributed by atoms with E-state index >= 15 is 0 Å². The molecule has 0 aromatic carbocycles. The minimum absolute atomic E-state index is 0.154. The van der Waals surface area contributed by atoms with Gasteiger partial charge in [0, 0.05) is 13.1 Å². The van der Waals surface area contributed by atoms with Gasteiger partial charge in [0.15, 0.2) is 0 Å². The molecule has 0 spiro atoms. The summed E-state index contributed by atoms with van der Waals surface area (Å²) < 4.78 is 5.44. The number of nitrogens with one attached hydrogen (secondary N) is 1. The van der Waals surface area contributed by atoms with Crippen molar-refractivity contribution < 1.29 is 9.53 Å². The largest absolute Gasteiger partial charge is 0.444 e. The molecule has 0 aromatic heterocycles. The number of hydrogen-bond donors (Lipinski definition) is 1. The Morgan fingerprint density at radius 2 is 1.82 bits per heavy atom. The van der Waals surface area contributed by atoms with Gasteiger partial charge in [0.1, 0.15) is 5.60 Å². The molecule has 2 rings (SSSR count). The van der Waals surface area contributed by atoms with Gasteiger partial charge in [-0.05, 0) is 70.9 Å². The van der Waals surface area contributed by atoms with Crippen LogP contribution in [0.15, 0.2) is 0 Å². The van der Waals surface area contributed by atoms with Crippen LogP contribution in [0.4, 0.5) is 4.79 Å². The third kappa shape index (κ3) is 5.45. The van der Waals surface area contributed by atoms with E-state index in [1.807, 2.05) is 25.7 Å². The van der Waals surface area contributed by atoms with Crippen molar-refractivity contribution in [2.45, 2.75) is 65.4 Å². The Kier molecular flexibility index (Phi) is 6.13. The molecule has 0 aromatic rings. The van der Waals surface area contributed by atoms with E-state index in [9.17, 15) is 4.79 Å². The molecule has 1 aliphatic heterocycles. The van der Waals surface area contributed by atoms with Gasteiger partial charge < -0.3 is 15.0 Å². The van der Waals surface area contributed by atoms with Crippen molar-refractivity contribution in [1.82, 2.24) is 10.2 Å². The second-order valence-electron chi connectivity index (χ2n) is 8.24. The zero-order valence-electron chi connectivity index (χ0n) is 14.9. The van der Waals surface area contributed by atoms with Gasteiger partial charge in [0.05, 0.1) is 0 Å². The maximum Gasteiger partial charge on any atom is 0.410 e. The molecule has 2 atom stereocenters. The molecule has 2 unspecified atom stereocenters. The van der Waals surface area contributed by atoms with Gasteiger partial charge in [0.2, 0.25) is 0 Å². The number of rotatable bonds is 4. The quantitative estimate of drug-likeness (QED) is 0.861. The first-order valence-corrected chi connectivity index (χ1v) is 9.04. The highest BCUT2D eigenvalue weighted by molar-refractivity contribution is 5.68. The summed E-state index contributed by atoms with van der Waals surface area (Å²) in [7, 11) is 0. The molecule has 0 bridgehead atoms. The SMILES string of the molecule is CC1CCCC1CNCC1CCN(C(=O)OC(C)(C)C)CC1. The molecule has 1 amide bonds. The highest BCUT2D eigenvalue weighted by atomic mass is 16.6. The smallest absolute Gasteiger partial charge is 0.410 e. The van der Waals surface area contributed by atoms with Crippen LogP contribution in [0.5, 0.6) is 0 Å². The summed E-state index contributed by atoms with van der Waals surface area (Å²) in [6.45, 7) is 12.1. The first-order chi connectivity index (χ1) is 10.3. The first-order valence-electron chi connectivity index (χ1n) is 9.04. The van der Waals surface area contributed by atoms with Crippen LogP contribution in [0.2, 0.25) is 0 Å². The van der Waals surface area contributed by atoms with E-state index in [-0.39, 0.29) is 6.09 Å². The van der Waals surface area contributed by atoms with Crippen molar-refractivity contribution in [3.8, 4) is 0 Å². The molecule has 4 heteroatoms. The molecule has 22 heavy (non-hydrogen) atoms. The number of nitrogens with zero attached hydrogens (tertiary/aromatic N) is 1. The highest BCUT2D eigenvalue weighted by Gasteiger charge is 2.27. The van der Waals surface area contributed by atoms with Crippen molar-refractivity contribution in [2.75, 3.05) is 26.2 Å². The molecule has 128 valence electrons. The summed E-state index contributed by atoms with van der Waals surface area (Å²) in [5.41, 5.74) is -0.395. The van der Waals surface area contributed by atoms with Crippen LogP contribution in [-0.2, 0) is 4.74 Å². The Morgan fingerprint density at radius 3 is 2.36 bits per heavy atom. The van der Waals surface area contributed by atoms with E-state index in [0.717, 1.165) is 44.3 Å². The van der Waals surface area contributed by atoms with E-state index in [0.29, 0.717) is 5.92 Å². The van der Waals surface area contributed by atoms with Crippen LogP contribution < -0.4 is 5.32 Å². The standard InChI is InChI=1S/C18H34N2O2/c1-14-6-5-7-16(14)13-19-12-15-8-10-20(11-9-15)17(21)22-18(2,3)4/h14-16,19H,5-13H2,1-4H3. The zero-order chi connectivity index (χ0) is 16.2. The molecular formula is C18H34N2O2. The molecule has 4 nitrogen and oxygen atoms in total. The molecule has 1 N–H and O–H groups in total. The number of piperidine rings is 1. The maximum atomic E-state index is 12.0. The maximum absolute atomic E-state index is 12.0. The third-order valence-corrected chi connectivity index (χ3v) is 5.14. The van der Waals surface area contributed by atoms with E-state index in [2.05, 4.69) is 12.2 Å². The monoisotopic (exact) mass is 310 g/mol. The van der Waals surface area contributed by atoms with Gasteiger partial charge in [-0.3, -0.25) is 0 Å². The van der Waals surface area contributed by atoms with Crippen LogP contribution in [0, 0.1) is 17.8 Å². The summed E-state index contributed by atoms with van der Waals surface area (Å²) >= 11 is 0. The van der Waals surface area contributed by atoms with Crippen LogP contribution in [-0.4, -0.2) is 42.8 Å². The lowest BCUT2D eigenvalue weighted by atomic mass is 9.95. The average molecular weight is 310 g/mol. The lowest BCUT2D eigenvalue weighted by Crippen LogP contribution is -2.43. The number of likely N-dealkylation sites (tertiary alicyclic amines) is 1. The number of hydrogen-bond acceptors (Lipinski definition) is 3.